The molecule has 0 aliphatic carbocycles. The van der Waals surface area contributed by atoms with E-state index < -0.39 is 16.5 Å². The van der Waals surface area contributed by atoms with Gasteiger partial charge in [-0.15, -0.1) is 5.10 Å². The number of carbonyl (C=O) groups excluding carboxylic acids is 1. The Labute approximate surface area is 149 Å². The number of anilines is 1. The fourth-order valence-electron chi connectivity index (χ4n) is 2.75. The number of hydrogen-bond donors (Lipinski definition) is 2. The van der Waals surface area contributed by atoms with Gasteiger partial charge in [-0.05, 0) is 17.7 Å². The lowest BCUT2D eigenvalue weighted by molar-refractivity contribution is -0.386. The Morgan fingerprint density at radius 3 is 2.92 bits per heavy atom. The summed E-state index contributed by atoms with van der Waals surface area (Å²) in [5.74, 6) is -0.891. The Bertz CT molecular complexity index is 800. The van der Waals surface area contributed by atoms with Crippen LogP contribution in [0.1, 0.15) is 16.1 Å². The number of hydrogen-bond acceptors (Lipinski definition) is 7. The van der Waals surface area contributed by atoms with Gasteiger partial charge in [0.25, 0.3) is 5.91 Å². The highest BCUT2D eigenvalue weighted by Gasteiger charge is 2.30. The summed E-state index contributed by atoms with van der Waals surface area (Å²) in [4.78, 5) is 25.1. The number of H-pyrrole nitrogens is 1. The zero-order valence-corrected chi connectivity index (χ0v) is 14.2. The van der Waals surface area contributed by atoms with Crippen molar-refractivity contribution >= 4 is 17.3 Å². The highest BCUT2D eigenvalue weighted by atomic mass is 16.6. The maximum atomic E-state index is 12.4. The zero-order chi connectivity index (χ0) is 18.5. The normalized spacial score (nSPS) is 14.8. The van der Waals surface area contributed by atoms with Crippen LogP contribution < -0.4 is 10.1 Å². The summed E-state index contributed by atoms with van der Waals surface area (Å²) < 4.78 is 10.1. The monoisotopic (exact) mass is 361 g/mol. The number of nitrogens with one attached hydrogen (secondary N) is 2. The second kappa shape index (κ2) is 7.93. The van der Waals surface area contributed by atoms with Gasteiger partial charge in [0.1, 0.15) is 0 Å². The predicted molar refractivity (Wildman–Crippen MR) is 92.3 cm³/mol. The van der Waals surface area contributed by atoms with Crippen LogP contribution in [0.15, 0.2) is 24.3 Å². The standard InChI is InChI=1S/C16H19N5O5/c1-25-16-14(21(23)24)13(18-19-16)15(22)17-12-4-2-3-11(9-12)10-20-5-7-26-8-6-20/h2-4,9H,5-8,10H2,1H3,(H,17,22)(H,18,19). The number of morpholine rings is 1. The van der Waals surface area contributed by atoms with Gasteiger partial charge in [0.05, 0.1) is 25.2 Å². The molecule has 3 rings (SSSR count). The third-order valence-electron chi connectivity index (χ3n) is 4.01. The first-order valence-electron chi connectivity index (χ1n) is 8.05. The number of ether oxygens (including phenoxy) is 2. The van der Waals surface area contributed by atoms with Crippen LogP contribution in [-0.2, 0) is 11.3 Å². The minimum atomic E-state index is -0.702. The van der Waals surface area contributed by atoms with Crippen molar-refractivity contribution in [1.82, 2.24) is 15.1 Å². The first-order chi connectivity index (χ1) is 12.6. The molecule has 1 aromatic heterocycles. The number of aromatic amines is 1. The molecule has 1 aromatic carbocycles. The van der Waals surface area contributed by atoms with Crippen LogP contribution in [0, 0.1) is 10.1 Å². The van der Waals surface area contributed by atoms with Crippen LogP contribution in [0.5, 0.6) is 5.88 Å². The van der Waals surface area contributed by atoms with Gasteiger partial charge in [-0.3, -0.25) is 24.9 Å². The Balaban J connectivity index is 1.72. The lowest BCUT2D eigenvalue weighted by Crippen LogP contribution is -2.35. The average Bonchev–Trinajstić information content (AvgIpc) is 3.07. The molecule has 0 saturated carbocycles. The van der Waals surface area contributed by atoms with Gasteiger partial charge in [-0.25, -0.2) is 0 Å². The molecule has 0 atom stereocenters. The maximum absolute atomic E-state index is 12.4. The zero-order valence-electron chi connectivity index (χ0n) is 14.2. The fraction of sp³-hybridized carbons (Fsp3) is 0.375. The lowest BCUT2D eigenvalue weighted by atomic mass is 10.1. The van der Waals surface area contributed by atoms with Crippen LogP contribution in [0.4, 0.5) is 11.4 Å². The van der Waals surface area contributed by atoms with Gasteiger partial charge in [0.15, 0.2) is 0 Å². The summed E-state index contributed by atoms with van der Waals surface area (Å²) in [6.45, 7) is 3.88. The molecule has 0 unspecified atom stereocenters. The van der Waals surface area contributed by atoms with E-state index in [1.54, 1.807) is 6.07 Å². The number of amides is 1. The Morgan fingerprint density at radius 1 is 1.46 bits per heavy atom. The number of aromatic nitrogens is 2. The van der Waals surface area contributed by atoms with Crippen molar-refractivity contribution in [3.8, 4) is 5.88 Å². The van der Waals surface area contributed by atoms with Crippen molar-refractivity contribution in [2.75, 3.05) is 38.7 Å². The third-order valence-corrected chi connectivity index (χ3v) is 4.01. The van der Waals surface area contributed by atoms with Crippen LogP contribution in [0.2, 0.25) is 0 Å². The van der Waals surface area contributed by atoms with Crippen molar-refractivity contribution in [3.63, 3.8) is 0 Å². The lowest BCUT2D eigenvalue weighted by Gasteiger charge is -2.26. The van der Waals surface area contributed by atoms with E-state index in [0.717, 1.165) is 25.2 Å². The second-order valence-electron chi connectivity index (χ2n) is 5.76. The first-order valence-corrected chi connectivity index (χ1v) is 8.05. The average molecular weight is 361 g/mol. The highest BCUT2D eigenvalue weighted by Crippen LogP contribution is 2.28. The number of benzene rings is 1. The molecule has 1 aliphatic heterocycles. The van der Waals surface area contributed by atoms with Gasteiger partial charge in [0, 0.05) is 25.3 Å². The van der Waals surface area contributed by atoms with E-state index in [1.165, 1.54) is 7.11 Å². The Morgan fingerprint density at radius 2 is 2.23 bits per heavy atom. The Hall–Kier alpha value is -2.98. The molecule has 1 aliphatic rings. The first kappa shape index (κ1) is 17.8. The number of nitro groups is 1. The molecule has 0 radical (unpaired) electrons. The number of rotatable bonds is 6. The van der Waals surface area contributed by atoms with Crippen molar-refractivity contribution in [1.29, 1.82) is 0 Å². The topological polar surface area (TPSA) is 123 Å². The van der Waals surface area contributed by atoms with Crippen LogP contribution in [-0.4, -0.2) is 59.3 Å². The number of nitrogens with zero attached hydrogens (tertiary/aromatic N) is 3. The molecular weight excluding hydrogens is 342 g/mol. The molecule has 2 heterocycles. The number of carbonyl (C=O) groups is 1. The summed E-state index contributed by atoms with van der Waals surface area (Å²) in [5.41, 5.74) is 0.824. The summed E-state index contributed by atoms with van der Waals surface area (Å²) in [6, 6.07) is 7.35. The minimum Gasteiger partial charge on any atom is -0.475 e. The number of methoxy groups -OCH3 is 1. The molecule has 2 aromatic rings. The van der Waals surface area contributed by atoms with Gasteiger partial charge >= 0.3 is 11.6 Å². The Kier molecular flexibility index (Phi) is 5.44. The quantitative estimate of drug-likeness (QED) is 0.589. The molecule has 1 saturated heterocycles. The van der Waals surface area contributed by atoms with Gasteiger partial charge in [0.2, 0.25) is 5.69 Å². The smallest absolute Gasteiger partial charge is 0.362 e. The molecule has 1 fully saturated rings. The van der Waals surface area contributed by atoms with E-state index in [9.17, 15) is 14.9 Å². The van der Waals surface area contributed by atoms with Gasteiger partial charge in [-0.2, -0.15) is 0 Å². The highest BCUT2D eigenvalue weighted by molar-refractivity contribution is 6.06. The van der Waals surface area contributed by atoms with Crippen LogP contribution in [0.3, 0.4) is 0 Å². The molecule has 0 bridgehead atoms. The maximum Gasteiger partial charge on any atom is 0.362 e. The fourth-order valence-corrected chi connectivity index (χ4v) is 2.75. The van der Waals surface area contributed by atoms with E-state index in [1.807, 2.05) is 18.2 Å². The largest absolute Gasteiger partial charge is 0.475 e. The second-order valence-corrected chi connectivity index (χ2v) is 5.76. The van der Waals surface area contributed by atoms with Crippen molar-refractivity contribution in [2.24, 2.45) is 0 Å². The minimum absolute atomic E-state index is 0.235. The molecule has 1 amide bonds. The molecule has 26 heavy (non-hydrogen) atoms. The summed E-state index contributed by atoms with van der Waals surface area (Å²) >= 11 is 0. The van der Waals surface area contributed by atoms with E-state index in [-0.39, 0.29) is 11.6 Å². The van der Waals surface area contributed by atoms with E-state index in [4.69, 9.17) is 9.47 Å². The van der Waals surface area contributed by atoms with Crippen molar-refractivity contribution in [3.05, 3.63) is 45.6 Å². The molecule has 138 valence electrons. The molecule has 0 spiro atoms. The van der Waals surface area contributed by atoms with E-state index >= 15 is 0 Å². The molecule has 10 heteroatoms. The van der Waals surface area contributed by atoms with E-state index in [2.05, 4.69) is 20.4 Å². The van der Waals surface area contributed by atoms with E-state index in [0.29, 0.717) is 18.9 Å². The van der Waals surface area contributed by atoms with Crippen molar-refractivity contribution < 1.29 is 19.2 Å². The summed E-state index contributed by atoms with van der Waals surface area (Å²) in [6.07, 6.45) is 0. The molecule has 10 nitrogen and oxygen atoms in total. The van der Waals surface area contributed by atoms with Gasteiger partial charge < -0.3 is 14.8 Å². The summed E-state index contributed by atoms with van der Waals surface area (Å²) in [5, 5.41) is 19.8. The summed E-state index contributed by atoms with van der Waals surface area (Å²) in [7, 11) is 1.25. The van der Waals surface area contributed by atoms with Crippen LogP contribution in [0.25, 0.3) is 0 Å². The SMILES string of the molecule is COc1n[nH]c(C(=O)Nc2cccc(CN3CCOCC3)c2)c1[N+](=O)[O-]. The molecule has 2 N–H and O–H groups in total. The predicted octanol–water partition coefficient (Wildman–Crippen LogP) is 1.41. The van der Waals surface area contributed by atoms with Gasteiger partial charge in [-0.1, -0.05) is 12.1 Å². The third kappa shape index (κ3) is 3.98. The van der Waals surface area contributed by atoms with Crippen LogP contribution >= 0.6 is 0 Å². The van der Waals surface area contributed by atoms with Crippen molar-refractivity contribution in [2.45, 2.75) is 6.54 Å². The molecular formula is C16H19N5O5.